The van der Waals surface area contributed by atoms with Crippen LogP contribution in [0.25, 0.3) is 10.9 Å². The fourth-order valence-electron chi connectivity index (χ4n) is 5.42. The van der Waals surface area contributed by atoms with E-state index in [0.717, 1.165) is 49.1 Å². The minimum absolute atomic E-state index is 0.0911. The van der Waals surface area contributed by atoms with Gasteiger partial charge in [-0.25, -0.2) is 4.68 Å². The van der Waals surface area contributed by atoms with Crippen molar-refractivity contribution in [1.82, 2.24) is 30.1 Å². The molecule has 0 unspecified atom stereocenters. The Bertz CT molecular complexity index is 1530. The van der Waals surface area contributed by atoms with E-state index in [1.807, 2.05) is 10.7 Å². The highest BCUT2D eigenvalue weighted by molar-refractivity contribution is 5.81. The van der Waals surface area contributed by atoms with E-state index in [2.05, 4.69) is 109 Å². The minimum Gasteiger partial charge on any atom is -0.369 e. The molecule has 0 bridgehead atoms. The fourth-order valence-corrected chi connectivity index (χ4v) is 5.42. The van der Waals surface area contributed by atoms with Gasteiger partial charge >= 0.3 is 0 Å². The highest BCUT2D eigenvalue weighted by Gasteiger charge is 2.36. The normalized spacial score (nSPS) is 15.8. The third-order valence-electron chi connectivity index (χ3n) is 8.34. The molecule has 0 radical (unpaired) electrons. The number of benzene rings is 2. The number of hydrogen-bond acceptors (Lipinski definition) is 6. The lowest BCUT2D eigenvalue weighted by Crippen LogP contribution is -2.49. The second-order valence-corrected chi connectivity index (χ2v) is 11.4. The SMILES string of the molecule is CCC(C)(C)n1nnnc1[C@@H](c1cc2cc(C)c(C)cc2[nH]c1=O)N1CCN(c2cc(C)ccc2C)CC1. The third-order valence-corrected chi connectivity index (χ3v) is 8.34. The number of H-pyrrole nitrogens is 1. The number of aryl methyl sites for hydroxylation is 4. The molecule has 5 rings (SSSR count). The van der Waals surface area contributed by atoms with Gasteiger partial charge in [0.05, 0.1) is 5.54 Å². The molecule has 200 valence electrons. The molecular formula is C30H39N7O. The first-order valence-electron chi connectivity index (χ1n) is 13.6. The number of pyridine rings is 1. The number of hydrogen-bond donors (Lipinski definition) is 1. The Hall–Kier alpha value is -3.52. The molecule has 38 heavy (non-hydrogen) atoms. The molecule has 1 N–H and O–H groups in total. The molecular weight excluding hydrogens is 474 g/mol. The maximum Gasteiger partial charge on any atom is 0.253 e. The lowest BCUT2D eigenvalue weighted by Gasteiger charge is -2.40. The fraction of sp³-hybridized carbons (Fsp3) is 0.467. The lowest BCUT2D eigenvalue weighted by atomic mass is 9.98. The van der Waals surface area contributed by atoms with Crippen molar-refractivity contribution < 1.29 is 0 Å². The van der Waals surface area contributed by atoms with Gasteiger partial charge in [0.2, 0.25) is 0 Å². The van der Waals surface area contributed by atoms with Crippen LogP contribution in [0.2, 0.25) is 0 Å². The summed E-state index contributed by atoms with van der Waals surface area (Å²) in [5.74, 6) is 0.714. The summed E-state index contributed by atoms with van der Waals surface area (Å²) in [6, 6.07) is 12.5. The van der Waals surface area contributed by atoms with Crippen molar-refractivity contribution in [3.63, 3.8) is 0 Å². The maximum absolute atomic E-state index is 13.6. The quantitative estimate of drug-likeness (QED) is 0.399. The number of piperazine rings is 1. The molecule has 1 fully saturated rings. The van der Waals surface area contributed by atoms with Gasteiger partial charge in [-0.15, -0.1) is 5.10 Å². The van der Waals surface area contributed by atoms with Crippen LogP contribution in [-0.4, -0.2) is 56.3 Å². The predicted octanol–water partition coefficient (Wildman–Crippen LogP) is 4.80. The molecule has 8 nitrogen and oxygen atoms in total. The Kier molecular flexibility index (Phi) is 6.86. The van der Waals surface area contributed by atoms with Crippen molar-refractivity contribution in [2.75, 3.05) is 31.1 Å². The van der Waals surface area contributed by atoms with Crippen LogP contribution in [-0.2, 0) is 5.54 Å². The summed E-state index contributed by atoms with van der Waals surface area (Å²) in [4.78, 5) is 21.6. The first-order valence-corrected chi connectivity index (χ1v) is 13.6. The van der Waals surface area contributed by atoms with Crippen molar-refractivity contribution in [1.29, 1.82) is 0 Å². The summed E-state index contributed by atoms with van der Waals surface area (Å²) in [5, 5.41) is 14.1. The van der Waals surface area contributed by atoms with Gasteiger partial charge in [-0.3, -0.25) is 9.69 Å². The maximum atomic E-state index is 13.6. The van der Waals surface area contributed by atoms with Crippen LogP contribution in [0, 0.1) is 27.7 Å². The van der Waals surface area contributed by atoms with Crippen LogP contribution >= 0.6 is 0 Å². The van der Waals surface area contributed by atoms with Crippen LogP contribution in [0.5, 0.6) is 0 Å². The number of anilines is 1. The molecule has 0 aliphatic carbocycles. The van der Waals surface area contributed by atoms with E-state index < -0.39 is 0 Å². The van der Waals surface area contributed by atoms with E-state index in [1.165, 1.54) is 22.4 Å². The van der Waals surface area contributed by atoms with Gasteiger partial charge in [0.15, 0.2) is 5.82 Å². The van der Waals surface area contributed by atoms with Crippen molar-refractivity contribution in [3.05, 3.63) is 80.4 Å². The molecule has 1 saturated heterocycles. The second kappa shape index (κ2) is 9.98. The van der Waals surface area contributed by atoms with E-state index in [9.17, 15) is 4.79 Å². The van der Waals surface area contributed by atoms with Gasteiger partial charge in [-0.05, 0) is 110 Å². The van der Waals surface area contributed by atoms with Gasteiger partial charge in [-0.2, -0.15) is 0 Å². The van der Waals surface area contributed by atoms with Crippen molar-refractivity contribution in [2.45, 2.75) is 66.5 Å². The van der Waals surface area contributed by atoms with Crippen molar-refractivity contribution in [2.24, 2.45) is 0 Å². The van der Waals surface area contributed by atoms with Crippen LogP contribution < -0.4 is 10.5 Å². The Balaban J connectivity index is 1.58. The average Bonchev–Trinajstić information content (AvgIpc) is 3.38. The number of aromatic amines is 1. The molecule has 8 heteroatoms. The number of tetrazole rings is 1. The van der Waals surface area contributed by atoms with Gasteiger partial charge in [0, 0.05) is 42.9 Å². The molecule has 3 heterocycles. The topological polar surface area (TPSA) is 82.9 Å². The smallest absolute Gasteiger partial charge is 0.253 e. The van der Waals surface area contributed by atoms with Crippen LogP contribution in [0.1, 0.15) is 66.9 Å². The van der Waals surface area contributed by atoms with Gasteiger partial charge in [-0.1, -0.05) is 19.1 Å². The Morgan fingerprint density at radius 3 is 2.37 bits per heavy atom. The van der Waals surface area contributed by atoms with E-state index >= 15 is 0 Å². The van der Waals surface area contributed by atoms with Crippen molar-refractivity contribution >= 4 is 16.6 Å². The number of aromatic nitrogens is 5. The monoisotopic (exact) mass is 513 g/mol. The Labute approximate surface area is 224 Å². The summed E-state index contributed by atoms with van der Waals surface area (Å²) < 4.78 is 1.92. The number of nitrogens with zero attached hydrogens (tertiary/aromatic N) is 6. The predicted molar refractivity (Wildman–Crippen MR) is 153 cm³/mol. The zero-order valence-electron chi connectivity index (χ0n) is 23.7. The number of rotatable bonds is 6. The highest BCUT2D eigenvalue weighted by atomic mass is 16.1. The average molecular weight is 514 g/mol. The molecule has 0 amide bonds. The lowest BCUT2D eigenvalue weighted by molar-refractivity contribution is 0.186. The molecule has 2 aromatic carbocycles. The summed E-state index contributed by atoms with van der Waals surface area (Å²) in [7, 11) is 0. The first kappa shape index (κ1) is 26.1. The zero-order valence-corrected chi connectivity index (χ0v) is 23.7. The first-order chi connectivity index (χ1) is 18.1. The molecule has 4 aromatic rings. The van der Waals surface area contributed by atoms with Gasteiger partial charge in [0.25, 0.3) is 5.56 Å². The van der Waals surface area contributed by atoms with Crippen LogP contribution in [0.3, 0.4) is 0 Å². The minimum atomic E-state index is -0.355. The van der Waals surface area contributed by atoms with E-state index in [1.54, 1.807) is 0 Å². The highest BCUT2D eigenvalue weighted by Crippen LogP contribution is 2.32. The molecule has 1 aliphatic heterocycles. The molecule has 0 spiro atoms. The van der Waals surface area contributed by atoms with Crippen LogP contribution in [0.4, 0.5) is 5.69 Å². The summed E-state index contributed by atoms with van der Waals surface area (Å²) in [6.45, 7) is 18.2. The Morgan fingerprint density at radius 2 is 1.66 bits per heavy atom. The van der Waals surface area contributed by atoms with Crippen LogP contribution in [0.15, 0.2) is 41.2 Å². The largest absolute Gasteiger partial charge is 0.369 e. The second-order valence-electron chi connectivity index (χ2n) is 11.4. The summed E-state index contributed by atoms with van der Waals surface area (Å²) >= 11 is 0. The van der Waals surface area contributed by atoms with E-state index in [-0.39, 0.29) is 17.1 Å². The third kappa shape index (κ3) is 4.73. The molecule has 1 aliphatic rings. The van der Waals surface area contributed by atoms with Gasteiger partial charge in [0.1, 0.15) is 6.04 Å². The van der Waals surface area contributed by atoms with E-state index in [0.29, 0.717) is 11.4 Å². The van der Waals surface area contributed by atoms with E-state index in [4.69, 9.17) is 0 Å². The summed E-state index contributed by atoms with van der Waals surface area (Å²) in [5.41, 5.74) is 7.36. The standard InChI is InChI=1S/C30H39N7O/c1-8-30(6,7)37-28(32-33-34-37)27(24-18-23-16-21(4)22(5)17-25(23)31-29(24)38)36-13-11-35(12-14-36)26-15-19(2)9-10-20(26)3/h9-10,15-18,27H,8,11-14H2,1-7H3,(H,31,38)/t27-/m1/s1. The number of nitrogens with one attached hydrogen (secondary N) is 1. The summed E-state index contributed by atoms with van der Waals surface area (Å²) in [6.07, 6.45) is 0.866. The van der Waals surface area contributed by atoms with Gasteiger partial charge < -0.3 is 9.88 Å². The number of fused-ring (bicyclic) bond motifs is 1. The molecule has 1 atom stereocenters. The Morgan fingerprint density at radius 1 is 0.947 bits per heavy atom. The molecule has 2 aromatic heterocycles. The molecule has 0 saturated carbocycles. The van der Waals surface area contributed by atoms with Crippen molar-refractivity contribution in [3.8, 4) is 0 Å². The zero-order chi connectivity index (χ0) is 27.2.